The van der Waals surface area contributed by atoms with Gasteiger partial charge in [-0.3, -0.25) is 19.2 Å². The number of fused-ring (bicyclic) bond motifs is 1. The third kappa shape index (κ3) is 4.95. The van der Waals surface area contributed by atoms with Crippen molar-refractivity contribution in [2.75, 3.05) is 5.88 Å². The van der Waals surface area contributed by atoms with Crippen LogP contribution in [0.15, 0.2) is 42.5 Å². The lowest BCUT2D eigenvalue weighted by Gasteiger charge is -2.36. The van der Waals surface area contributed by atoms with Gasteiger partial charge in [0.05, 0.1) is 21.9 Å². The number of ketones is 1. The maximum Gasteiger partial charge on any atom is 0.273 e. The van der Waals surface area contributed by atoms with E-state index >= 15 is 0 Å². The highest BCUT2D eigenvalue weighted by atomic mass is 35.5. The fraction of sp³-hybridized carbons (Fsp3) is 0.360. The molecule has 0 spiro atoms. The highest BCUT2D eigenvalue weighted by Crippen LogP contribution is 2.40. The fourth-order valence-corrected chi connectivity index (χ4v) is 5.27. The van der Waals surface area contributed by atoms with Gasteiger partial charge in [-0.25, -0.2) is 9.40 Å². The van der Waals surface area contributed by atoms with Crippen molar-refractivity contribution in [1.82, 2.24) is 10.0 Å². The van der Waals surface area contributed by atoms with E-state index in [1.165, 1.54) is 30.3 Å². The third-order valence-electron chi connectivity index (χ3n) is 6.52. The first-order valence-electron chi connectivity index (χ1n) is 11.3. The number of amides is 3. The van der Waals surface area contributed by atoms with E-state index in [1.807, 2.05) is 0 Å². The van der Waals surface area contributed by atoms with E-state index in [2.05, 4.69) is 0 Å². The first kappa shape index (κ1) is 25.6. The van der Waals surface area contributed by atoms with Crippen LogP contribution < -0.4 is 0 Å². The highest BCUT2D eigenvalue weighted by molar-refractivity contribution is 6.42. The molecule has 1 heterocycles. The summed E-state index contributed by atoms with van der Waals surface area (Å²) in [6, 6.07) is 7.67. The molecule has 0 aromatic heterocycles. The maximum absolute atomic E-state index is 13.8. The molecule has 3 atom stereocenters. The minimum atomic E-state index is -1.28. The number of rotatable bonds is 7. The standard InChI is InChI=1S/C25H22Cl3FN2O4/c26-12-11-21(22(32)14-5-8-16(29)9-6-14)30(23(33)15-7-10-19(27)20(28)13-15)31-24(34)17-3-1-2-4-18(17)25(31)35/h5-10,13,17-18,21H,1-4,11-12H2/t17-,18+,21-/m1/s1. The first-order chi connectivity index (χ1) is 16.7. The number of hydrazine groups is 1. The Hall–Kier alpha value is -2.48. The number of hydrogen-bond acceptors (Lipinski definition) is 4. The molecule has 3 amide bonds. The molecule has 10 heteroatoms. The van der Waals surface area contributed by atoms with E-state index in [-0.39, 0.29) is 33.5 Å². The lowest BCUT2D eigenvalue weighted by atomic mass is 9.81. The summed E-state index contributed by atoms with van der Waals surface area (Å²) in [6.45, 7) is 0. The summed E-state index contributed by atoms with van der Waals surface area (Å²) in [5.74, 6) is -4.03. The smallest absolute Gasteiger partial charge is 0.273 e. The van der Waals surface area contributed by atoms with Gasteiger partial charge in [0.25, 0.3) is 17.7 Å². The SMILES string of the molecule is O=C(c1ccc(F)cc1)[C@@H](CCCl)N(C(=O)c1ccc(Cl)c(Cl)c1)N1C(=O)[C@H]2CCCC[C@H]2C1=O. The number of Topliss-reactive ketones (excluding diaryl/α,β-unsaturated/α-hetero) is 1. The summed E-state index contributed by atoms with van der Waals surface area (Å²) < 4.78 is 13.5. The Morgan fingerprint density at radius 2 is 1.51 bits per heavy atom. The van der Waals surface area contributed by atoms with Crippen LogP contribution in [0, 0.1) is 17.7 Å². The summed E-state index contributed by atoms with van der Waals surface area (Å²) in [7, 11) is 0. The molecule has 6 nitrogen and oxygen atoms in total. The Bertz CT molecular complexity index is 1150. The Kier molecular flexibility index (Phi) is 7.79. The van der Waals surface area contributed by atoms with Crippen molar-refractivity contribution >= 4 is 58.3 Å². The number of benzene rings is 2. The number of hydrogen-bond donors (Lipinski definition) is 0. The minimum absolute atomic E-state index is 0.0359. The van der Waals surface area contributed by atoms with Crippen molar-refractivity contribution < 1.29 is 23.6 Å². The van der Waals surface area contributed by atoms with Gasteiger partial charge in [0, 0.05) is 17.0 Å². The molecule has 0 radical (unpaired) electrons. The number of halogens is 4. The van der Waals surface area contributed by atoms with Crippen molar-refractivity contribution in [1.29, 1.82) is 0 Å². The van der Waals surface area contributed by atoms with E-state index < -0.39 is 47.2 Å². The van der Waals surface area contributed by atoms with Gasteiger partial charge in [0.15, 0.2) is 5.78 Å². The van der Waals surface area contributed by atoms with Crippen LogP contribution in [0.1, 0.15) is 52.8 Å². The monoisotopic (exact) mass is 538 g/mol. The largest absolute Gasteiger partial charge is 0.292 e. The number of alkyl halides is 1. The zero-order valence-corrected chi connectivity index (χ0v) is 20.8. The molecule has 2 fully saturated rings. The number of carbonyl (C=O) groups excluding carboxylic acids is 4. The average Bonchev–Trinajstić information content (AvgIpc) is 3.10. The number of imide groups is 1. The van der Waals surface area contributed by atoms with Crippen LogP contribution in [-0.4, -0.2) is 45.4 Å². The summed E-state index contributed by atoms with van der Waals surface area (Å²) in [4.78, 5) is 54.2. The summed E-state index contributed by atoms with van der Waals surface area (Å²) in [5, 5.41) is 2.05. The van der Waals surface area contributed by atoms with Gasteiger partial charge in [-0.05, 0) is 61.7 Å². The second kappa shape index (κ2) is 10.6. The topological polar surface area (TPSA) is 74.8 Å². The average molecular weight is 540 g/mol. The second-order valence-corrected chi connectivity index (χ2v) is 9.82. The van der Waals surface area contributed by atoms with Crippen molar-refractivity contribution in [3.05, 3.63) is 69.5 Å². The van der Waals surface area contributed by atoms with Crippen LogP contribution in [-0.2, 0) is 9.59 Å². The molecule has 4 rings (SSSR count). The van der Waals surface area contributed by atoms with Crippen molar-refractivity contribution in [2.45, 2.75) is 38.1 Å². The first-order valence-corrected chi connectivity index (χ1v) is 12.6. The Labute approximate surface area is 216 Å². The van der Waals surface area contributed by atoms with Gasteiger partial charge < -0.3 is 0 Å². The Morgan fingerprint density at radius 1 is 0.943 bits per heavy atom. The van der Waals surface area contributed by atoms with Crippen LogP contribution in [0.2, 0.25) is 10.0 Å². The second-order valence-electron chi connectivity index (χ2n) is 8.63. The molecule has 0 unspecified atom stereocenters. The third-order valence-corrected chi connectivity index (χ3v) is 7.47. The molecule has 1 saturated heterocycles. The summed E-state index contributed by atoms with van der Waals surface area (Å²) in [5.41, 5.74) is 0.159. The molecule has 2 aromatic rings. The summed E-state index contributed by atoms with van der Waals surface area (Å²) in [6.07, 6.45) is 2.62. The molecule has 0 N–H and O–H groups in total. The van der Waals surface area contributed by atoms with Crippen LogP contribution in [0.5, 0.6) is 0 Å². The van der Waals surface area contributed by atoms with Gasteiger partial charge in [0.1, 0.15) is 11.9 Å². The van der Waals surface area contributed by atoms with E-state index in [9.17, 15) is 23.6 Å². The van der Waals surface area contributed by atoms with Crippen molar-refractivity contribution in [2.24, 2.45) is 11.8 Å². The molecular formula is C25H22Cl3FN2O4. The molecular weight excluding hydrogens is 518 g/mol. The number of nitrogens with zero attached hydrogens (tertiary/aromatic N) is 2. The van der Waals surface area contributed by atoms with Crippen LogP contribution in [0.4, 0.5) is 4.39 Å². The van der Waals surface area contributed by atoms with Gasteiger partial charge in [-0.15, -0.1) is 11.6 Å². The van der Waals surface area contributed by atoms with Gasteiger partial charge in [-0.1, -0.05) is 36.0 Å². The lowest BCUT2D eigenvalue weighted by molar-refractivity contribution is -0.156. The molecule has 35 heavy (non-hydrogen) atoms. The highest BCUT2D eigenvalue weighted by Gasteiger charge is 2.53. The Morgan fingerprint density at radius 3 is 2.06 bits per heavy atom. The fourth-order valence-electron chi connectivity index (χ4n) is 4.76. The number of carbonyl (C=O) groups is 4. The predicted octanol–water partition coefficient (Wildman–Crippen LogP) is 5.55. The maximum atomic E-state index is 13.8. The molecule has 1 saturated carbocycles. The zero-order valence-electron chi connectivity index (χ0n) is 18.6. The molecule has 0 bridgehead atoms. The summed E-state index contributed by atoms with van der Waals surface area (Å²) >= 11 is 18.1. The van der Waals surface area contributed by atoms with E-state index in [0.29, 0.717) is 12.8 Å². The van der Waals surface area contributed by atoms with Crippen molar-refractivity contribution in [3.63, 3.8) is 0 Å². The predicted molar refractivity (Wildman–Crippen MR) is 130 cm³/mol. The molecule has 2 aromatic carbocycles. The Balaban J connectivity index is 1.81. The van der Waals surface area contributed by atoms with Crippen molar-refractivity contribution in [3.8, 4) is 0 Å². The van der Waals surface area contributed by atoms with Crippen LogP contribution in [0.3, 0.4) is 0 Å². The van der Waals surface area contributed by atoms with Gasteiger partial charge in [0.2, 0.25) is 0 Å². The molecule has 1 aliphatic heterocycles. The quantitative estimate of drug-likeness (QED) is 0.263. The van der Waals surface area contributed by atoms with Crippen LogP contribution in [0.25, 0.3) is 0 Å². The van der Waals surface area contributed by atoms with E-state index in [0.717, 1.165) is 35.0 Å². The minimum Gasteiger partial charge on any atom is -0.292 e. The lowest BCUT2D eigenvalue weighted by Crippen LogP contribution is -2.57. The molecule has 184 valence electrons. The van der Waals surface area contributed by atoms with Gasteiger partial charge in [-0.2, -0.15) is 5.01 Å². The van der Waals surface area contributed by atoms with Crippen LogP contribution >= 0.6 is 34.8 Å². The van der Waals surface area contributed by atoms with Gasteiger partial charge >= 0.3 is 0 Å². The molecule has 2 aliphatic rings. The van der Waals surface area contributed by atoms with E-state index in [1.54, 1.807) is 0 Å². The molecule has 1 aliphatic carbocycles. The normalized spacial score (nSPS) is 20.5. The zero-order chi connectivity index (χ0) is 25.3. The van der Waals surface area contributed by atoms with E-state index in [4.69, 9.17) is 34.8 Å².